The Morgan fingerprint density at radius 1 is 0.512 bits per heavy atom. The van der Waals surface area contributed by atoms with Gasteiger partial charge >= 0.3 is 0 Å². The van der Waals surface area contributed by atoms with Crippen molar-refractivity contribution in [2.75, 3.05) is 13.2 Å². The molecular weight excluding hydrogens is 504 g/mol. The molecule has 5 saturated carbocycles. The van der Waals surface area contributed by atoms with E-state index in [1.54, 1.807) is 0 Å². The van der Waals surface area contributed by atoms with Crippen LogP contribution in [0.25, 0.3) is 0 Å². The standard InChI is InChI=1S/C38H66O3/c1-3-5-7-9-27-40-34-15-11-30(12-16-34)32-19-23-37(24-20-32)29-38(36(37)39)25-21-33(22-26-38)31-13-17-35(18-14-31)41-28-10-8-6-4-2/h30-35H,3-29H2,1-2H3. The van der Waals surface area contributed by atoms with E-state index in [9.17, 15) is 4.79 Å². The van der Waals surface area contributed by atoms with Crippen molar-refractivity contribution in [2.45, 2.75) is 187 Å². The molecule has 0 aliphatic heterocycles. The molecule has 0 unspecified atom stereocenters. The highest BCUT2D eigenvalue weighted by molar-refractivity contribution is 5.96. The van der Waals surface area contributed by atoms with Gasteiger partial charge in [0, 0.05) is 24.0 Å². The fourth-order valence-corrected chi connectivity index (χ4v) is 10.4. The van der Waals surface area contributed by atoms with Gasteiger partial charge in [-0.1, -0.05) is 52.4 Å². The molecule has 5 fully saturated rings. The minimum Gasteiger partial charge on any atom is -0.378 e. The number of ether oxygens (including phenoxy) is 2. The first-order chi connectivity index (χ1) is 20.1. The normalized spacial score (nSPS) is 39.7. The van der Waals surface area contributed by atoms with Gasteiger partial charge in [0.05, 0.1) is 12.2 Å². The van der Waals surface area contributed by atoms with Crippen LogP contribution in [0.1, 0.15) is 174 Å². The second-order valence-corrected chi connectivity index (χ2v) is 15.7. The smallest absolute Gasteiger partial charge is 0.145 e. The number of hydrogen-bond acceptors (Lipinski definition) is 3. The van der Waals surface area contributed by atoms with Crippen molar-refractivity contribution in [3.8, 4) is 0 Å². The average Bonchev–Trinajstić information content (AvgIpc) is 3.02. The molecule has 2 spiro atoms. The second-order valence-electron chi connectivity index (χ2n) is 15.7. The summed E-state index contributed by atoms with van der Waals surface area (Å²) in [5.74, 6) is 4.27. The molecule has 0 N–H and O–H groups in total. The Balaban J connectivity index is 0.962. The van der Waals surface area contributed by atoms with E-state index in [0.29, 0.717) is 12.2 Å². The van der Waals surface area contributed by atoms with Crippen LogP contribution in [0.5, 0.6) is 0 Å². The number of unbranched alkanes of at least 4 members (excludes halogenated alkanes) is 6. The van der Waals surface area contributed by atoms with E-state index in [4.69, 9.17) is 9.47 Å². The van der Waals surface area contributed by atoms with E-state index < -0.39 is 0 Å². The van der Waals surface area contributed by atoms with Gasteiger partial charge in [-0.2, -0.15) is 0 Å². The number of rotatable bonds is 14. The molecule has 41 heavy (non-hydrogen) atoms. The first kappa shape index (κ1) is 32.0. The predicted molar refractivity (Wildman–Crippen MR) is 170 cm³/mol. The number of ketones is 1. The number of carbonyl (C=O) groups is 1. The largest absolute Gasteiger partial charge is 0.378 e. The SMILES string of the molecule is CCCCCCOC1CCC(C2CCC3(CC2)CC2(CCC(C4CCC(OCCCCCC)CC4)CC2)C3=O)CC1. The highest BCUT2D eigenvalue weighted by Crippen LogP contribution is 2.65. The van der Waals surface area contributed by atoms with Gasteiger partial charge < -0.3 is 9.47 Å². The van der Waals surface area contributed by atoms with Crippen LogP contribution in [0.3, 0.4) is 0 Å². The van der Waals surface area contributed by atoms with Crippen molar-refractivity contribution < 1.29 is 14.3 Å². The highest BCUT2D eigenvalue weighted by Gasteiger charge is 2.63. The van der Waals surface area contributed by atoms with Crippen LogP contribution >= 0.6 is 0 Å². The Kier molecular flexibility index (Phi) is 12.1. The van der Waals surface area contributed by atoms with Gasteiger partial charge in [-0.25, -0.2) is 0 Å². The zero-order chi connectivity index (χ0) is 28.5. The molecule has 0 radical (unpaired) electrons. The lowest BCUT2D eigenvalue weighted by molar-refractivity contribution is -0.170. The van der Waals surface area contributed by atoms with Crippen molar-refractivity contribution in [1.29, 1.82) is 0 Å². The fraction of sp³-hybridized carbons (Fsp3) is 0.974. The third-order valence-corrected chi connectivity index (χ3v) is 13.1. The maximum absolute atomic E-state index is 13.9. The van der Waals surface area contributed by atoms with Crippen molar-refractivity contribution in [3.63, 3.8) is 0 Å². The summed E-state index contributed by atoms with van der Waals surface area (Å²) in [5, 5.41) is 0. The summed E-state index contributed by atoms with van der Waals surface area (Å²) in [7, 11) is 0. The van der Waals surface area contributed by atoms with E-state index in [1.807, 2.05) is 0 Å². The summed E-state index contributed by atoms with van der Waals surface area (Å²) < 4.78 is 12.5. The van der Waals surface area contributed by atoms with Gasteiger partial charge in [0.2, 0.25) is 0 Å². The van der Waals surface area contributed by atoms with Crippen LogP contribution in [0.15, 0.2) is 0 Å². The zero-order valence-corrected chi connectivity index (χ0v) is 27.3. The molecule has 0 bridgehead atoms. The minimum atomic E-state index is 0.0919. The van der Waals surface area contributed by atoms with Crippen molar-refractivity contribution in [3.05, 3.63) is 0 Å². The van der Waals surface area contributed by atoms with Crippen molar-refractivity contribution >= 4 is 5.78 Å². The summed E-state index contributed by atoms with van der Waals surface area (Å²) in [5.41, 5.74) is 0.184. The highest BCUT2D eigenvalue weighted by atomic mass is 16.5. The third-order valence-electron chi connectivity index (χ3n) is 13.1. The van der Waals surface area contributed by atoms with Crippen LogP contribution < -0.4 is 0 Å². The van der Waals surface area contributed by atoms with Gasteiger partial charge in [-0.15, -0.1) is 0 Å². The molecule has 0 aromatic carbocycles. The van der Waals surface area contributed by atoms with E-state index in [-0.39, 0.29) is 10.8 Å². The lowest BCUT2D eigenvalue weighted by atomic mass is 9.42. The Labute approximate surface area is 254 Å². The van der Waals surface area contributed by atoms with Gasteiger partial charge in [0.15, 0.2) is 0 Å². The maximum atomic E-state index is 13.9. The van der Waals surface area contributed by atoms with Crippen LogP contribution in [-0.4, -0.2) is 31.2 Å². The molecule has 5 aliphatic carbocycles. The Bertz CT molecular complexity index is 696. The monoisotopic (exact) mass is 571 g/mol. The fourth-order valence-electron chi connectivity index (χ4n) is 10.4. The molecule has 0 amide bonds. The lowest BCUT2D eigenvalue weighted by Gasteiger charge is -2.60. The van der Waals surface area contributed by atoms with Crippen molar-refractivity contribution in [2.24, 2.45) is 34.5 Å². The molecule has 0 heterocycles. The summed E-state index contributed by atoms with van der Waals surface area (Å²) in [6.07, 6.45) is 33.4. The molecule has 236 valence electrons. The molecule has 0 saturated heterocycles. The van der Waals surface area contributed by atoms with Crippen LogP contribution in [0, 0.1) is 34.5 Å². The quantitative estimate of drug-likeness (QED) is 0.195. The molecule has 0 aromatic rings. The second kappa shape index (κ2) is 15.5. The first-order valence-corrected chi connectivity index (χ1v) is 18.9. The zero-order valence-electron chi connectivity index (χ0n) is 27.3. The van der Waals surface area contributed by atoms with Crippen LogP contribution in [0.2, 0.25) is 0 Å². The van der Waals surface area contributed by atoms with E-state index >= 15 is 0 Å². The van der Waals surface area contributed by atoms with Gasteiger partial charge in [-0.3, -0.25) is 4.79 Å². The Morgan fingerprint density at radius 3 is 1.22 bits per heavy atom. The maximum Gasteiger partial charge on any atom is 0.145 e. The molecule has 5 aliphatic rings. The molecule has 0 atom stereocenters. The van der Waals surface area contributed by atoms with Crippen LogP contribution in [-0.2, 0) is 14.3 Å². The number of hydrogen-bond donors (Lipinski definition) is 0. The number of carbonyl (C=O) groups excluding carboxylic acids is 1. The van der Waals surface area contributed by atoms with Gasteiger partial charge in [0.25, 0.3) is 0 Å². The van der Waals surface area contributed by atoms with Crippen molar-refractivity contribution in [1.82, 2.24) is 0 Å². The van der Waals surface area contributed by atoms with Gasteiger partial charge in [-0.05, 0) is 146 Å². The van der Waals surface area contributed by atoms with E-state index in [1.165, 1.54) is 161 Å². The molecule has 0 aromatic heterocycles. The van der Waals surface area contributed by atoms with E-state index in [0.717, 1.165) is 42.7 Å². The lowest BCUT2D eigenvalue weighted by Crippen LogP contribution is -2.60. The molecule has 3 nitrogen and oxygen atoms in total. The van der Waals surface area contributed by atoms with Crippen LogP contribution in [0.4, 0.5) is 0 Å². The van der Waals surface area contributed by atoms with E-state index in [2.05, 4.69) is 13.8 Å². The third kappa shape index (κ3) is 8.01. The summed E-state index contributed by atoms with van der Waals surface area (Å²) >= 11 is 0. The molecular formula is C38H66O3. The predicted octanol–water partition coefficient (Wildman–Crippen LogP) is 10.6. The average molecular weight is 571 g/mol. The first-order valence-electron chi connectivity index (χ1n) is 18.9. The number of Topliss-reactive ketones (excluding diaryl/α,β-unsaturated/α-hetero) is 1. The summed E-state index contributed by atoms with van der Waals surface area (Å²) in [6, 6.07) is 0. The summed E-state index contributed by atoms with van der Waals surface area (Å²) in [6.45, 7) is 6.50. The Hall–Kier alpha value is -0.410. The Morgan fingerprint density at radius 2 is 0.878 bits per heavy atom. The molecule has 3 heteroatoms. The molecule has 5 rings (SSSR count). The van der Waals surface area contributed by atoms with Gasteiger partial charge in [0.1, 0.15) is 5.78 Å². The minimum absolute atomic E-state index is 0.0919. The summed E-state index contributed by atoms with van der Waals surface area (Å²) in [4.78, 5) is 13.9. The topological polar surface area (TPSA) is 35.5 Å².